The van der Waals surface area contributed by atoms with Crippen molar-refractivity contribution in [1.82, 2.24) is 0 Å². The molecule has 1 atom stereocenters. The van der Waals surface area contributed by atoms with Crippen LogP contribution in [0, 0.1) is 0 Å². The van der Waals surface area contributed by atoms with E-state index in [-0.39, 0.29) is 11.5 Å². The Balaban J connectivity index is 3.11. The molecule has 1 unspecified atom stereocenters. The highest BCUT2D eigenvalue weighted by Gasteiger charge is 2.01. The number of hydrogen-bond acceptors (Lipinski definition) is 2. The summed E-state index contributed by atoms with van der Waals surface area (Å²) < 4.78 is 11.4. The zero-order chi connectivity index (χ0) is 13.6. The monoisotopic (exact) mass is 274 g/mol. The number of aliphatic hydroxyl groups excluding tert-OH is 1. The molecule has 0 bridgehead atoms. The van der Waals surface area contributed by atoms with Gasteiger partial charge < -0.3 is 5.11 Å². The van der Waals surface area contributed by atoms with E-state index in [4.69, 9.17) is 5.11 Å². The molecule has 108 valence electrons. The second kappa shape index (κ2) is 13.1. The molecule has 0 saturated heterocycles. The molecule has 1 N–H and O–H groups in total. The van der Waals surface area contributed by atoms with Gasteiger partial charge in [0.25, 0.3) is 0 Å². The third-order valence-corrected chi connectivity index (χ3v) is 4.45. The molecule has 0 rings (SSSR count). The quantitative estimate of drug-likeness (QED) is 0.389. The molecular formula is C15H30O2S. The maximum absolute atomic E-state index is 11.4. The minimum Gasteiger partial charge on any atom is -0.512 e. The molecule has 0 spiro atoms. The van der Waals surface area contributed by atoms with Crippen molar-refractivity contribution < 1.29 is 9.32 Å². The Morgan fingerprint density at radius 2 is 1.39 bits per heavy atom. The first kappa shape index (κ1) is 17.7. The van der Waals surface area contributed by atoms with Crippen LogP contribution in [-0.4, -0.2) is 20.8 Å². The topological polar surface area (TPSA) is 37.3 Å². The van der Waals surface area contributed by atoms with Crippen LogP contribution in [0.4, 0.5) is 0 Å². The summed E-state index contributed by atoms with van der Waals surface area (Å²) in [7, 11) is -0.912. The third-order valence-electron chi connectivity index (χ3n) is 3.05. The minimum atomic E-state index is -0.912. The van der Waals surface area contributed by atoms with E-state index in [0.29, 0.717) is 5.75 Å². The lowest BCUT2D eigenvalue weighted by Gasteiger charge is -2.03. The lowest BCUT2D eigenvalue weighted by atomic mass is 10.1. The zero-order valence-corrected chi connectivity index (χ0v) is 12.8. The van der Waals surface area contributed by atoms with E-state index in [1.165, 1.54) is 57.8 Å². The van der Waals surface area contributed by atoms with Crippen molar-refractivity contribution in [2.45, 2.75) is 71.1 Å². The Kier molecular flexibility index (Phi) is 12.9. The van der Waals surface area contributed by atoms with Gasteiger partial charge in [-0.05, 0) is 6.42 Å². The molecule has 0 aliphatic carbocycles. The Morgan fingerprint density at radius 1 is 0.944 bits per heavy atom. The van der Waals surface area contributed by atoms with Crippen molar-refractivity contribution in [3.8, 4) is 0 Å². The number of hydrogen-bond donors (Lipinski definition) is 1. The fraction of sp³-hybridized carbons (Fsp3) is 0.867. The summed E-state index contributed by atoms with van der Waals surface area (Å²) in [5, 5.41) is 8.90. The highest BCUT2D eigenvalue weighted by Crippen LogP contribution is 2.10. The molecular weight excluding hydrogens is 244 g/mol. The summed E-state index contributed by atoms with van der Waals surface area (Å²) in [5.41, 5.74) is 0. The molecule has 2 nitrogen and oxygen atoms in total. The summed E-state index contributed by atoms with van der Waals surface area (Å²) in [4.78, 5) is 0. The van der Waals surface area contributed by atoms with Crippen molar-refractivity contribution in [3.05, 3.63) is 12.3 Å². The normalized spacial score (nSPS) is 12.5. The Bertz CT molecular complexity index is 227. The molecule has 0 fully saturated rings. The maximum Gasteiger partial charge on any atom is 0.0975 e. The minimum absolute atomic E-state index is 0.0420. The Hall–Kier alpha value is -0.310. The SMILES string of the molecule is C=C(O)CS(=O)CCCCCCCCCCCC. The molecule has 0 aromatic heterocycles. The van der Waals surface area contributed by atoms with E-state index in [1.54, 1.807) is 0 Å². The van der Waals surface area contributed by atoms with Crippen LogP contribution in [0.15, 0.2) is 12.3 Å². The summed E-state index contributed by atoms with van der Waals surface area (Å²) in [6, 6.07) is 0. The molecule has 0 aromatic rings. The first-order chi connectivity index (χ1) is 8.66. The van der Waals surface area contributed by atoms with Crippen LogP contribution in [0.3, 0.4) is 0 Å². The standard InChI is InChI=1S/C15H30O2S/c1-3-4-5-6-7-8-9-10-11-12-13-18(17)14-15(2)16/h16H,2-14H2,1H3. The molecule has 0 aliphatic heterocycles. The van der Waals surface area contributed by atoms with E-state index in [2.05, 4.69) is 13.5 Å². The van der Waals surface area contributed by atoms with E-state index >= 15 is 0 Å². The van der Waals surface area contributed by atoms with Crippen LogP contribution in [-0.2, 0) is 10.8 Å². The fourth-order valence-corrected chi connectivity index (χ4v) is 3.05. The molecule has 0 aliphatic rings. The molecule has 0 heterocycles. The van der Waals surface area contributed by atoms with Gasteiger partial charge in [0, 0.05) is 16.6 Å². The van der Waals surface area contributed by atoms with Gasteiger partial charge in [-0.3, -0.25) is 4.21 Å². The number of aliphatic hydroxyl groups is 1. The molecule has 3 heteroatoms. The zero-order valence-electron chi connectivity index (χ0n) is 12.0. The second-order valence-corrected chi connectivity index (χ2v) is 6.61. The van der Waals surface area contributed by atoms with Gasteiger partial charge in [0.15, 0.2) is 0 Å². The molecule has 0 radical (unpaired) electrons. The maximum atomic E-state index is 11.4. The Labute approximate surface area is 115 Å². The first-order valence-electron chi connectivity index (χ1n) is 7.38. The molecule has 0 aromatic carbocycles. The number of unbranched alkanes of at least 4 members (excludes halogenated alkanes) is 9. The number of rotatable bonds is 13. The third kappa shape index (κ3) is 13.8. The predicted molar refractivity (Wildman–Crippen MR) is 81.5 cm³/mol. The van der Waals surface area contributed by atoms with E-state index < -0.39 is 10.8 Å². The van der Waals surface area contributed by atoms with Crippen LogP contribution < -0.4 is 0 Å². The lowest BCUT2D eigenvalue weighted by molar-refractivity contribution is 0.419. The van der Waals surface area contributed by atoms with Gasteiger partial charge in [-0.15, -0.1) is 0 Å². The van der Waals surface area contributed by atoms with Gasteiger partial charge in [0.2, 0.25) is 0 Å². The van der Waals surface area contributed by atoms with Gasteiger partial charge in [0.05, 0.1) is 11.5 Å². The van der Waals surface area contributed by atoms with Crippen molar-refractivity contribution in [1.29, 1.82) is 0 Å². The fourth-order valence-electron chi connectivity index (χ4n) is 2.01. The van der Waals surface area contributed by atoms with Gasteiger partial charge in [0.1, 0.15) is 0 Å². The van der Waals surface area contributed by atoms with Crippen LogP contribution in [0.25, 0.3) is 0 Å². The average molecular weight is 274 g/mol. The first-order valence-corrected chi connectivity index (χ1v) is 8.87. The highest BCUT2D eigenvalue weighted by molar-refractivity contribution is 7.85. The molecule has 0 saturated carbocycles. The van der Waals surface area contributed by atoms with Gasteiger partial charge in [-0.25, -0.2) is 0 Å². The summed E-state index contributed by atoms with van der Waals surface area (Å²) in [6.07, 6.45) is 12.9. The van der Waals surface area contributed by atoms with Crippen LogP contribution >= 0.6 is 0 Å². The van der Waals surface area contributed by atoms with Crippen LogP contribution in [0.5, 0.6) is 0 Å². The summed E-state index contributed by atoms with van der Waals surface area (Å²) in [6.45, 7) is 5.60. The molecule has 18 heavy (non-hydrogen) atoms. The van der Waals surface area contributed by atoms with Crippen molar-refractivity contribution in [2.24, 2.45) is 0 Å². The smallest absolute Gasteiger partial charge is 0.0975 e. The highest BCUT2D eigenvalue weighted by atomic mass is 32.2. The van der Waals surface area contributed by atoms with E-state index in [9.17, 15) is 4.21 Å². The van der Waals surface area contributed by atoms with Gasteiger partial charge >= 0.3 is 0 Å². The van der Waals surface area contributed by atoms with E-state index in [0.717, 1.165) is 6.42 Å². The van der Waals surface area contributed by atoms with E-state index in [1.807, 2.05) is 0 Å². The van der Waals surface area contributed by atoms with Gasteiger partial charge in [-0.2, -0.15) is 0 Å². The van der Waals surface area contributed by atoms with Crippen molar-refractivity contribution >= 4 is 10.8 Å². The van der Waals surface area contributed by atoms with Crippen molar-refractivity contribution in [3.63, 3.8) is 0 Å². The van der Waals surface area contributed by atoms with Crippen molar-refractivity contribution in [2.75, 3.05) is 11.5 Å². The average Bonchev–Trinajstić information content (AvgIpc) is 2.30. The Morgan fingerprint density at radius 3 is 1.83 bits per heavy atom. The molecule has 0 amide bonds. The van der Waals surface area contributed by atoms with Crippen LogP contribution in [0.1, 0.15) is 71.1 Å². The predicted octanol–water partition coefficient (Wildman–Crippen LogP) is 4.73. The van der Waals surface area contributed by atoms with Crippen LogP contribution in [0.2, 0.25) is 0 Å². The summed E-state index contributed by atoms with van der Waals surface area (Å²) >= 11 is 0. The lowest BCUT2D eigenvalue weighted by Crippen LogP contribution is -2.04. The second-order valence-electron chi connectivity index (χ2n) is 5.04. The summed E-state index contributed by atoms with van der Waals surface area (Å²) in [5.74, 6) is 0.994. The largest absolute Gasteiger partial charge is 0.512 e. The van der Waals surface area contributed by atoms with Gasteiger partial charge in [-0.1, -0.05) is 71.3 Å².